The number of aryl methyl sites for hydroxylation is 2. The van der Waals surface area contributed by atoms with Gasteiger partial charge in [0.25, 0.3) is 6.17 Å². The molecule has 1 aliphatic rings. The van der Waals surface area contributed by atoms with Crippen molar-refractivity contribution in [2.24, 2.45) is 5.11 Å². The predicted octanol–water partition coefficient (Wildman–Crippen LogP) is 4.51. The molecule has 1 aliphatic heterocycles. The van der Waals surface area contributed by atoms with E-state index in [1.54, 1.807) is 6.20 Å². The van der Waals surface area contributed by atoms with E-state index in [4.69, 9.17) is 5.11 Å². The highest BCUT2D eigenvalue weighted by Crippen LogP contribution is 2.32. The molecule has 1 aromatic carbocycles. The lowest BCUT2D eigenvalue weighted by Crippen LogP contribution is -2.18. The van der Waals surface area contributed by atoms with E-state index in [1.807, 2.05) is 42.1 Å². The van der Waals surface area contributed by atoms with Crippen LogP contribution in [-0.4, -0.2) is 14.7 Å². The second kappa shape index (κ2) is 6.43. The summed E-state index contributed by atoms with van der Waals surface area (Å²) >= 11 is 0. The van der Waals surface area contributed by atoms with Crippen LogP contribution < -0.4 is 5.32 Å². The van der Waals surface area contributed by atoms with Gasteiger partial charge in [-0.25, -0.2) is 9.97 Å². The Bertz CT molecular complexity index is 948. The molecule has 0 fully saturated rings. The summed E-state index contributed by atoms with van der Waals surface area (Å²) in [5.41, 5.74) is 4.81. The zero-order valence-corrected chi connectivity index (χ0v) is 14.3. The van der Waals surface area contributed by atoms with Crippen molar-refractivity contribution in [3.63, 3.8) is 0 Å². The van der Waals surface area contributed by atoms with Crippen LogP contribution in [-0.2, 0) is 6.54 Å². The maximum Gasteiger partial charge on any atom is 0.279 e. The van der Waals surface area contributed by atoms with Crippen molar-refractivity contribution in [2.45, 2.75) is 26.6 Å². The Morgan fingerprint density at radius 2 is 1.76 bits per heavy atom. The summed E-state index contributed by atoms with van der Waals surface area (Å²) in [4.78, 5) is 8.81. The maximum absolute atomic E-state index is 4.77. The zero-order chi connectivity index (χ0) is 17.2. The van der Waals surface area contributed by atoms with Crippen LogP contribution in [0.2, 0.25) is 0 Å². The average molecular weight is 330 g/mol. The lowest BCUT2D eigenvalue weighted by molar-refractivity contribution is -0.629. The van der Waals surface area contributed by atoms with Crippen LogP contribution in [0.25, 0.3) is 0 Å². The third kappa shape index (κ3) is 3.26. The van der Waals surface area contributed by atoms with E-state index in [1.165, 1.54) is 16.7 Å². The smallest absolute Gasteiger partial charge is 0.279 e. The van der Waals surface area contributed by atoms with Crippen molar-refractivity contribution >= 4 is 11.6 Å². The Kier molecular flexibility index (Phi) is 3.98. The van der Waals surface area contributed by atoms with Gasteiger partial charge in [0.05, 0.1) is 5.56 Å². The summed E-state index contributed by atoms with van der Waals surface area (Å²) in [6.45, 7) is 4.86. The van der Waals surface area contributed by atoms with Gasteiger partial charge in [-0.05, 0) is 55.3 Å². The molecule has 1 unspecified atom stereocenters. The normalized spacial score (nSPS) is 17.5. The minimum Gasteiger partial charge on any atom is -0.307 e. The first kappa shape index (κ1) is 15.4. The quantitative estimate of drug-likeness (QED) is 0.719. The summed E-state index contributed by atoms with van der Waals surface area (Å²) < 4.78 is 2.04. The number of hydrogen-bond acceptors (Lipinski definition) is 4. The SMILES string of the molecule is Cc1ccnc(N=[N+]2Cc3ccccc3C2Nc2cc(C)ccn2)c1. The van der Waals surface area contributed by atoms with Gasteiger partial charge in [-0.15, -0.1) is 0 Å². The van der Waals surface area contributed by atoms with E-state index in [2.05, 4.69) is 46.5 Å². The molecular formula is C20H20N5+. The van der Waals surface area contributed by atoms with Gasteiger partial charge in [0.15, 0.2) is 6.54 Å². The molecule has 3 aromatic rings. The van der Waals surface area contributed by atoms with E-state index in [9.17, 15) is 0 Å². The van der Waals surface area contributed by atoms with Crippen LogP contribution in [0.15, 0.2) is 66.0 Å². The average Bonchev–Trinajstić information content (AvgIpc) is 2.92. The number of fused-ring (bicyclic) bond motifs is 1. The first-order chi connectivity index (χ1) is 12.2. The number of azo groups is 2. The molecule has 0 aliphatic carbocycles. The number of anilines is 1. The van der Waals surface area contributed by atoms with Crippen molar-refractivity contribution in [1.82, 2.24) is 9.97 Å². The van der Waals surface area contributed by atoms with Crippen molar-refractivity contribution in [1.29, 1.82) is 0 Å². The van der Waals surface area contributed by atoms with Gasteiger partial charge in [0.1, 0.15) is 5.82 Å². The molecule has 4 rings (SSSR count). The van der Waals surface area contributed by atoms with E-state index >= 15 is 0 Å². The Hall–Kier alpha value is -3.08. The topological polar surface area (TPSA) is 53.2 Å². The number of aromatic nitrogens is 2. The molecule has 124 valence electrons. The molecule has 3 heterocycles. The fourth-order valence-electron chi connectivity index (χ4n) is 3.08. The molecule has 2 aromatic heterocycles. The molecule has 1 atom stereocenters. The molecule has 5 heteroatoms. The number of benzene rings is 1. The molecule has 5 nitrogen and oxygen atoms in total. The molecule has 25 heavy (non-hydrogen) atoms. The summed E-state index contributed by atoms with van der Waals surface area (Å²) in [6.07, 6.45) is 3.55. The molecule has 0 saturated heterocycles. The van der Waals surface area contributed by atoms with Gasteiger partial charge in [0.2, 0.25) is 5.82 Å². The van der Waals surface area contributed by atoms with Gasteiger partial charge in [-0.1, -0.05) is 22.9 Å². The number of rotatable bonds is 3. The minimum absolute atomic E-state index is 0.0622. The summed E-state index contributed by atoms with van der Waals surface area (Å²) in [6, 6.07) is 16.4. The van der Waals surface area contributed by atoms with Crippen molar-refractivity contribution in [3.8, 4) is 0 Å². The van der Waals surface area contributed by atoms with E-state index < -0.39 is 0 Å². The molecule has 0 amide bonds. The van der Waals surface area contributed by atoms with Crippen molar-refractivity contribution < 1.29 is 4.70 Å². The van der Waals surface area contributed by atoms with Crippen molar-refractivity contribution in [3.05, 3.63) is 83.2 Å². The van der Waals surface area contributed by atoms with Crippen LogP contribution in [0.3, 0.4) is 0 Å². The Morgan fingerprint density at radius 3 is 2.56 bits per heavy atom. The Labute approximate surface area is 147 Å². The highest BCUT2D eigenvalue weighted by molar-refractivity contribution is 5.42. The molecule has 1 N–H and O–H groups in total. The first-order valence-corrected chi connectivity index (χ1v) is 8.37. The summed E-state index contributed by atoms with van der Waals surface area (Å²) in [5.74, 6) is 1.57. The van der Waals surface area contributed by atoms with Gasteiger partial charge >= 0.3 is 0 Å². The van der Waals surface area contributed by atoms with Crippen LogP contribution in [0, 0.1) is 13.8 Å². The second-order valence-corrected chi connectivity index (χ2v) is 6.35. The fourth-order valence-corrected chi connectivity index (χ4v) is 3.08. The van der Waals surface area contributed by atoms with Gasteiger partial charge < -0.3 is 5.32 Å². The van der Waals surface area contributed by atoms with Crippen LogP contribution in [0.1, 0.15) is 28.4 Å². The summed E-state index contributed by atoms with van der Waals surface area (Å²) in [7, 11) is 0. The fraction of sp³-hybridized carbons (Fsp3) is 0.200. The molecule has 0 radical (unpaired) electrons. The Morgan fingerprint density at radius 1 is 1.00 bits per heavy atom. The number of hydrogen-bond donors (Lipinski definition) is 1. The highest BCUT2D eigenvalue weighted by atomic mass is 15.4. The van der Waals surface area contributed by atoms with E-state index in [-0.39, 0.29) is 6.17 Å². The minimum atomic E-state index is -0.0622. The van der Waals surface area contributed by atoms with Crippen LogP contribution >= 0.6 is 0 Å². The Balaban J connectivity index is 1.73. The lowest BCUT2D eigenvalue weighted by atomic mass is 10.1. The third-order valence-electron chi connectivity index (χ3n) is 4.31. The lowest BCUT2D eigenvalue weighted by Gasteiger charge is -2.10. The number of nitrogens with one attached hydrogen (secondary N) is 1. The second-order valence-electron chi connectivity index (χ2n) is 6.35. The van der Waals surface area contributed by atoms with Gasteiger partial charge in [-0.3, -0.25) is 0 Å². The predicted molar refractivity (Wildman–Crippen MR) is 96.8 cm³/mol. The number of pyridine rings is 2. The van der Waals surface area contributed by atoms with E-state index in [0.29, 0.717) is 0 Å². The van der Waals surface area contributed by atoms with Gasteiger partial charge in [0, 0.05) is 23.1 Å². The van der Waals surface area contributed by atoms with Crippen molar-refractivity contribution in [2.75, 3.05) is 5.32 Å². The molecular weight excluding hydrogens is 310 g/mol. The largest absolute Gasteiger partial charge is 0.307 e. The van der Waals surface area contributed by atoms with Crippen LogP contribution in [0.4, 0.5) is 11.6 Å². The first-order valence-electron chi connectivity index (χ1n) is 8.37. The molecule has 0 spiro atoms. The third-order valence-corrected chi connectivity index (χ3v) is 4.31. The highest BCUT2D eigenvalue weighted by Gasteiger charge is 2.36. The van der Waals surface area contributed by atoms with Crippen LogP contribution in [0.5, 0.6) is 0 Å². The maximum atomic E-state index is 4.77. The zero-order valence-electron chi connectivity index (χ0n) is 14.3. The van der Waals surface area contributed by atoms with Gasteiger partial charge in [-0.2, -0.15) is 0 Å². The standard InChI is InChI=1S/C20H20N5/c1-14-7-9-21-18(11-14)23-20-17-6-4-3-5-16(17)13-25(20)24-19-12-15(2)8-10-22-19/h3-12,20H,13H2,1-2H3,(H,21,23)/q+1. The number of nitrogens with zero attached hydrogens (tertiary/aromatic N) is 4. The molecule has 0 saturated carbocycles. The van der Waals surface area contributed by atoms with E-state index in [0.717, 1.165) is 23.7 Å². The monoisotopic (exact) mass is 330 g/mol. The summed E-state index contributed by atoms with van der Waals surface area (Å²) in [5, 5.41) is 8.28. The molecule has 0 bridgehead atoms.